The van der Waals surface area contributed by atoms with E-state index in [1.807, 2.05) is 0 Å². The summed E-state index contributed by atoms with van der Waals surface area (Å²) in [5, 5.41) is 3.25. The van der Waals surface area contributed by atoms with E-state index in [9.17, 15) is 4.79 Å². The lowest BCUT2D eigenvalue weighted by Gasteiger charge is -2.32. The van der Waals surface area contributed by atoms with Gasteiger partial charge in [0.05, 0.1) is 0 Å². The Kier molecular flexibility index (Phi) is 5.93. The summed E-state index contributed by atoms with van der Waals surface area (Å²) in [5.41, 5.74) is 5.86. The van der Waals surface area contributed by atoms with Crippen LogP contribution < -0.4 is 11.1 Å². The van der Waals surface area contributed by atoms with E-state index in [1.165, 1.54) is 6.42 Å². The van der Waals surface area contributed by atoms with Crippen molar-refractivity contribution < 1.29 is 4.79 Å². The van der Waals surface area contributed by atoms with Crippen LogP contribution in [0, 0.1) is 17.8 Å². The van der Waals surface area contributed by atoms with Gasteiger partial charge in [-0.2, -0.15) is 0 Å². The zero-order chi connectivity index (χ0) is 12.4. The Morgan fingerprint density at radius 2 is 1.67 bits per heavy atom. The SMILES string of the molecule is CC1CC(C)CC(NC(=O)C2CCC(N)C2)C1.Cl. The van der Waals surface area contributed by atoms with E-state index < -0.39 is 0 Å². The summed E-state index contributed by atoms with van der Waals surface area (Å²) in [6.07, 6.45) is 6.47. The van der Waals surface area contributed by atoms with Crippen molar-refractivity contribution in [2.75, 3.05) is 0 Å². The van der Waals surface area contributed by atoms with Crippen molar-refractivity contribution >= 4 is 18.3 Å². The van der Waals surface area contributed by atoms with Crippen LogP contribution in [0.5, 0.6) is 0 Å². The number of amides is 1. The molecule has 18 heavy (non-hydrogen) atoms. The molecular weight excluding hydrogens is 248 g/mol. The minimum Gasteiger partial charge on any atom is -0.353 e. The van der Waals surface area contributed by atoms with Gasteiger partial charge in [0.1, 0.15) is 0 Å². The maximum atomic E-state index is 12.1. The molecule has 4 unspecified atom stereocenters. The van der Waals surface area contributed by atoms with Crippen molar-refractivity contribution in [2.45, 2.75) is 64.5 Å². The average Bonchev–Trinajstić information content (AvgIpc) is 2.63. The summed E-state index contributed by atoms with van der Waals surface area (Å²) in [6, 6.07) is 0.646. The van der Waals surface area contributed by atoms with Crippen molar-refractivity contribution in [2.24, 2.45) is 23.5 Å². The number of carbonyl (C=O) groups excluding carboxylic acids is 1. The quantitative estimate of drug-likeness (QED) is 0.813. The number of halogens is 1. The average molecular weight is 275 g/mol. The molecule has 0 spiro atoms. The molecule has 3 nitrogen and oxygen atoms in total. The Morgan fingerprint density at radius 3 is 2.17 bits per heavy atom. The molecule has 0 saturated heterocycles. The van der Waals surface area contributed by atoms with Crippen LogP contribution in [0.2, 0.25) is 0 Å². The topological polar surface area (TPSA) is 55.1 Å². The first-order chi connectivity index (χ1) is 8.04. The van der Waals surface area contributed by atoms with Crippen LogP contribution in [0.25, 0.3) is 0 Å². The summed E-state index contributed by atoms with van der Waals surface area (Å²) in [7, 11) is 0. The maximum absolute atomic E-state index is 12.1. The third-order valence-electron chi connectivity index (χ3n) is 4.37. The fourth-order valence-corrected chi connectivity index (χ4v) is 3.64. The number of carbonyl (C=O) groups is 1. The Bertz CT molecular complexity index is 275. The van der Waals surface area contributed by atoms with Gasteiger partial charge < -0.3 is 11.1 Å². The van der Waals surface area contributed by atoms with Crippen LogP contribution in [0.1, 0.15) is 52.4 Å². The van der Waals surface area contributed by atoms with Crippen molar-refractivity contribution in [1.82, 2.24) is 5.32 Å². The van der Waals surface area contributed by atoms with Crippen LogP contribution in [-0.4, -0.2) is 18.0 Å². The van der Waals surface area contributed by atoms with E-state index in [0.717, 1.165) is 43.9 Å². The number of nitrogens with two attached hydrogens (primary N) is 1. The van der Waals surface area contributed by atoms with Gasteiger partial charge in [-0.3, -0.25) is 4.79 Å². The van der Waals surface area contributed by atoms with Gasteiger partial charge in [-0.1, -0.05) is 13.8 Å². The molecular formula is C14H27ClN2O. The van der Waals surface area contributed by atoms with Gasteiger partial charge in [-0.05, 0) is 50.4 Å². The molecule has 2 saturated carbocycles. The molecule has 106 valence electrons. The first kappa shape index (κ1) is 15.8. The van der Waals surface area contributed by atoms with Gasteiger partial charge in [0.15, 0.2) is 0 Å². The van der Waals surface area contributed by atoms with Crippen molar-refractivity contribution in [3.63, 3.8) is 0 Å². The fourth-order valence-electron chi connectivity index (χ4n) is 3.64. The fraction of sp³-hybridized carbons (Fsp3) is 0.929. The van der Waals surface area contributed by atoms with Gasteiger partial charge in [0, 0.05) is 18.0 Å². The normalized spacial score (nSPS) is 40.1. The zero-order valence-electron chi connectivity index (χ0n) is 11.5. The van der Waals surface area contributed by atoms with E-state index in [0.29, 0.717) is 6.04 Å². The first-order valence-corrected chi connectivity index (χ1v) is 7.10. The van der Waals surface area contributed by atoms with Crippen molar-refractivity contribution in [3.8, 4) is 0 Å². The third-order valence-corrected chi connectivity index (χ3v) is 4.37. The molecule has 0 radical (unpaired) electrons. The summed E-state index contributed by atoms with van der Waals surface area (Å²) in [4.78, 5) is 12.1. The number of hydrogen-bond donors (Lipinski definition) is 2. The highest BCUT2D eigenvalue weighted by Gasteiger charge is 2.31. The number of hydrogen-bond acceptors (Lipinski definition) is 2. The van der Waals surface area contributed by atoms with Gasteiger partial charge in [-0.25, -0.2) is 0 Å². The highest BCUT2D eigenvalue weighted by molar-refractivity contribution is 5.85. The molecule has 0 bridgehead atoms. The molecule has 0 aliphatic heterocycles. The predicted octanol–water partition coefficient (Wildman–Crippen LogP) is 2.48. The lowest BCUT2D eigenvalue weighted by Crippen LogP contribution is -2.42. The Balaban J connectivity index is 0.00000162. The van der Waals surface area contributed by atoms with Crippen molar-refractivity contribution in [3.05, 3.63) is 0 Å². The lowest BCUT2D eigenvalue weighted by molar-refractivity contribution is -0.126. The molecule has 0 aromatic carbocycles. The Labute approximate surface area is 117 Å². The predicted molar refractivity (Wildman–Crippen MR) is 76.7 cm³/mol. The Morgan fingerprint density at radius 1 is 1.06 bits per heavy atom. The highest BCUT2D eigenvalue weighted by atomic mass is 35.5. The standard InChI is InChI=1S/C14H26N2O.ClH/c1-9-5-10(2)7-13(6-9)16-14(17)11-3-4-12(15)8-11;/h9-13H,3-8,15H2,1-2H3,(H,16,17);1H. The molecule has 0 aromatic rings. The molecule has 4 heteroatoms. The molecule has 4 atom stereocenters. The largest absolute Gasteiger partial charge is 0.353 e. The number of nitrogens with one attached hydrogen (secondary N) is 1. The third kappa shape index (κ3) is 4.13. The lowest BCUT2D eigenvalue weighted by atomic mass is 9.80. The molecule has 2 aliphatic carbocycles. The summed E-state index contributed by atoms with van der Waals surface area (Å²) in [6.45, 7) is 4.58. The van der Waals surface area contributed by atoms with Gasteiger partial charge in [0.2, 0.25) is 5.91 Å². The smallest absolute Gasteiger partial charge is 0.223 e. The molecule has 0 aromatic heterocycles. The maximum Gasteiger partial charge on any atom is 0.223 e. The van der Waals surface area contributed by atoms with Crippen LogP contribution in [0.4, 0.5) is 0 Å². The van der Waals surface area contributed by atoms with E-state index in [1.54, 1.807) is 0 Å². The van der Waals surface area contributed by atoms with Gasteiger partial charge >= 0.3 is 0 Å². The van der Waals surface area contributed by atoms with Gasteiger partial charge in [0.25, 0.3) is 0 Å². The van der Waals surface area contributed by atoms with Crippen molar-refractivity contribution in [1.29, 1.82) is 0 Å². The number of rotatable bonds is 2. The second-order valence-corrected chi connectivity index (χ2v) is 6.39. The molecule has 2 aliphatic rings. The summed E-state index contributed by atoms with van der Waals surface area (Å²) in [5.74, 6) is 1.92. The monoisotopic (exact) mass is 274 g/mol. The molecule has 3 N–H and O–H groups in total. The van der Waals surface area contributed by atoms with E-state index in [4.69, 9.17) is 5.73 Å². The zero-order valence-corrected chi connectivity index (χ0v) is 12.3. The van der Waals surface area contributed by atoms with E-state index >= 15 is 0 Å². The molecule has 2 rings (SSSR count). The van der Waals surface area contributed by atoms with Crippen LogP contribution in [-0.2, 0) is 4.79 Å². The molecule has 2 fully saturated rings. The molecule has 0 heterocycles. The molecule has 1 amide bonds. The minimum atomic E-state index is 0. The second-order valence-electron chi connectivity index (χ2n) is 6.39. The van der Waals surface area contributed by atoms with Gasteiger partial charge in [-0.15, -0.1) is 12.4 Å². The summed E-state index contributed by atoms with van der Waals surface area (Å²) < 4.78 is 0. The minimum absolute atomic E-state index is 0. The van der Waals surface area contributed by atoms with Crippen LogP contribution in [0.15, 0.2) is 0 Å². The van der Waals surface area contributed by atoms with Crippen LogP contribution >= 0.6 is 12.4 Å². The first-order valence-electron chi connectivity index (χ1n) is 7.10. The second kappa shape index (κ2) is 6.76. The van der Waals surface area contributed by atoms with E-state index in [-0.39, 0.29) is 30.3 Å². The summed E-state index contributed by atoms with van der Waals surface area (Å²) >= 11 is 0. The Hall–Kier alpha value is -0.280. The van der Waals surface area contributed by atoms with E-state index in [2.05, 4.69) is 19.2 Å². The highest BCUT2D eigenvalue weighted by Crippen LogP contribution is 2.30. The van der Waals surface area contributed by atoms with Crippen LogP contribution in [0.3, 0.4) is 0 Å².